The van der Waals surface area contributed by atoms with Crippen LogP contribution in [-0.2, 0) is 6.42 Å². The maximum Gasteiger partial charge on any atom is 0.264 e. The molecule has 2 N–H and O–H groups in total. The first-order valence-electron chi connectivity index (χ1n) is 6.49. The van der Waals surface area contributed by atoms with E-state index in [-0.39, 0.29) is 18.3 Å². The van der Waals surface area contributed by atoms with Gasteiger partial charge in [-0.25, -0.2) is 0 Å². The van der Waals surface area contributed by atoms with Crippen molar-refractivity contribution >= 4 is 41.3 Å². The Kier molecular flexibility index (Phi) is 7.75. The van der Waals surface area contributed by atoms with Crippen LogP contribution in [0.2, 0.25) is 4.34 Å². The average molecular weight is 345 g/mol. The van der Waals surface area contributed by atoms with Gasteiger partial charge in [-0.1, -0.05) is 41.9 Å². The molecular formula is C15H18Cl2N2OS. The first-order chi connectivity index (χ1) is 9.70. The number of carbonyl (C=O) groups excluding carboxylic acids is 1. The number of nitrogens with two attached hydrogens (primary N) is 1. The minimum Gasteiger partial charge on any atom is -0.336 e. The Labute approximate surface area is 140 Å². The van der Waals surface area contributed by atoms with Gasteiger partial charge < -0.3 is 10.6 Å². The molecule has 0 saturated carbocycles. The van der Waals surface area contributed by atoms with E-state index in [0.29, 0.717) is 28.8 Å². The van der Waals surface area contributed by atoms with Crippen molar-refractivity contribution in [1.82, 2.24) is 4.90 Å². The lowest BCUT2D eigenvalue weighted by molar-refractivity contribution is 0.0767. The molecule has 1 amide bonds. The summed E-state index contributed by atoms with van der Waals surface area (Å²) in [5.74, 6) is 0.00304. The SMILES string of the molecule is Cl.NCCN(CCc1ccccc1)C(=O)c1ccc(Cl)s1. The Hall–Kier alpha value is -1.07. The lowest BCUT2D eigenvalue weighted by atomic mass is 10.1. The van der Waals surface area contributed by atoms with E-state index in [1.54, 1.807) is 17.0 Å². The van der Waals surface area contributed by atoms with Crippen LogP contribution in [0.25, 0.3) is 0 Å². The van der Waals surface area contributed by atoms with E-state index in [2.05, 4.69) is 12.1 Å². The maximum absolute atomic E-state index is 12.4. The van der Waals surface area contributed by atoms with Crippen LogP contribution >= 0.6 is 35.3 Å². The molecule has 0 saturated heterocycles. The number of nitrogens with zero attached hydrogens (tertiary/aromatic N) is 1. The van der Waals surface area contributed by atoms with E-state index in [1.807, 2.05) is 18.2 Å². The summed E-state index contributed by atoms with van der Waals surface area (Å²) in [7, 11) is 0. The second kappa shape index (κ2) is 9.05. The van der Waals surface area contributed by atoms with Crippen LogP contribution in [0.15, 0.2) is 42.5 Å². The van der Waals surface area contributed by atoms with Gasteiger partial charge in [-0.15, -0.1) is 23.7 Å². The fraction of sp³-hybridized carbons (Fsp3) is 0.267. The van der Waals surface area contributed by atoms with E-state index in [4.69, 9.17) is 17.3 Å². The Balaban J connectivity index is 0.00000220. The van der Waals surface area contributed by atoms with Crippen LogP contribution < -0.4 is 5.73 Å². The van der Waals surface area contributed by atoms with Crippen molar-refractivity contribution < 1.29 is 4.79 Å². The summed E-state index contributed by atoms with van der Waals surface area (Å²) in [6.45, 7) is 1.68. The molecule has 1 aromatic heterocycles. The third-order valence-electron chi connectivity index (χ3n) is 2.98. The molecule has 0 aliphatic carbocycles. The second-order valence-corrected chi connectivity index (χ2v) is 6.14. The van der Waals surface area contributed by atoms with Crippen LogP contribution in [0.4, 0.5) is 0 Å². The highest BCUT2D eigenvalue weighted by Gasteiger charge is 2.16. The molecule has 0 fully saturated rings. The molecule has 2 rings (SSSR count). The quantitative estimate of drug-likeness (QED) is 0.871. The molecule has 21 heavy (non-hydrogen) atoms. The van der Waals surface area contributed by atoms with Crippen LogP contribution in [0, 0.1) is 0 Å². The fourth-order valence-corrected chi connectivity index (χ4v) is 2.98. The minimum absolute atomic E-state index is 0. The molecule has 0 aliphatic rings. The lowest BCUT2D eigenvalue weighted by Gasteiger charge is -2.21. The largest absolute Gasteiger partial charge is 0.336 e. The number of thiophene rings is 1. The average Bonchev–Trinajstić information content (AvgIpc) is 2.90. The van der Waals surface area contributed by atoms with Gasteiger partial charge in [0.25, 0.3) is 5.91 Å². The van der Waals surface area contributed by atoms with Crippen molar-refractivity contribution in [3.63, 3.8) is 0 Å². The molecule has 2 aromatic rings. The van der Waals surface area contributed by atoms with Gasteiger partial charge in [0.05, 0.1) is 9.21 Å². The minimum atomic E-state index is 0. The zero-order valence-electron chi connectivity index (χ0n) is 11.5. The summed E-state index contributed by atoms with van der Waals surface area (Å²) in [6, 6.07) is 13.6. The van der Waals surface area contributed by atoms with E-state index in [9.17, 15) is 4.79 Å². The van der Waals surface area contributed by atoms with Crippen molar-refractivity contribution in [3.05, 3.63) is 57.2 Å². The molecule has 0 spiro atoms. The Morgan fingerprint density at radius 2 is 1.86 bits per heavy atom. The van der Waals surface area contributed by atoms with Gasteiger partial charge in [0, 0.05) is 19.6 Å². The zero-order chi connectivity index (χ0) is 14.4. The van der Waals surface area contributed by atoms with Crippen LogP contribution in [0.1, 0.15) is 15.2 Å². The second-order valence-electron chi connectivity index (χ2n) is 4.42. The van der Waals surface area contributed by atoms with E-state index >= 15 is 0 Å². The third-order valence-corrected chi connectivity index (χ3v) is 4.20. The predicted molar refractivity (Wildman–Crippen MR) is 91.7 cm³/mol. The highest BCUT2D eigenvalue weighted by atomic mass is 35.5. The molecule has 0 radical (unpaired) electrons. The molecule has 0 aliphatic heterocycles. The third kappa shape index (κ3) is 5.32. The van der Waals surface area contributed by atoms with Crippen molar-refractivity contribution in [3.8, 4) is 0 Å². The van der Waals surface area contributed by atoms with Gasteiger partial charge in [0.1, 0.15) is 0 Å². The molecule has 114 valence electrons. The van der Waals surface area contributed by atoms with Gasteiger partial charge in [-0.3, -0.25) is 4.79 Å². The van der Waals surface area contributed by atoms with Gasteiger partial charge in [-0.05, 0) is 24.1 Å². The standard InChI is InChI=1S/C15H17ClN2OS.ClH/c16-14-7-6-13(20-14)15(19)18(11-9-17)10-8-12-4-2-1-3-5-12;/h1-7H,8-11,17H2;1H. The van der Waals surface area contributed by atoms with E-state index < -0.39 is 0 Å². The lowest BCUT2D eigenvalue weighted by Crippen LogP contribution is -2.36. The Bertz CT molecular complexity index is 560. The predicted octanol–water partition coefficient (Wildman–Crippen LogP) is 3.47. The van der Waals surface area contributed by atoms with Crippen molar-refractivity contribution in [1.29, 1.82) is 0 Å². The molecule has 0 bridgehead atoms. The van der Waals surface area contributed by atoms with Gasteiger partial charge in [0.15, 0.2) is 0 Å². The number of benzene rings is 1. The Morgan fingerprint density at radius 3 is 2.43 bits per heavy atom. The van der Waals surface area contributed by atoms with Crippen molar-refractivity contribution in [2.45, 2.75) is 6.42 Å². The smallest absolute Gasteiger partial charge is 0.264 e. The number of rotatable bonds is 6. The molecule has 0 unspecified atom stereocenters. The van der Waals surface area contributed by atoms with E-state index in [0.717, 1.165) is 6.42 Å². The maximum atomic E-state index is 12.4. The van der Waals surface area contributed by atoms with Gasteiger partial charge in [0.2, 0.25) is 0 Å². The molecule has 0 atom stereocenters. The monoisotopic (exact) mass is 344 g/mol. The summed E-state index contributed by atoms with van der Waals surface area (Å²) in [4.78, 5) is 14.8. The summed E-state index contributed by atoms with van der Waals surface area (Å²) >= 11 is 7.19. The van der Waals surface area contributed by atoms with Crippen LogP contribution in [0.5, 0.6) is 0 Å². The zero-order valence-corrected chi connectivity index (χ0v) is 13.9. The first-order valence-corrected chi connectivity index (χ1v) is 7.69. The summed E-state index contributed by atoms with van der Waals surface area (Å²) < 4.78 is 0.629. The molecule has 3 nitrogen and oxygen atoms in total. The molecule has 6 heteroatoms. The number of hydrogen-bond acceptors (Lipinski definition) is 3. The van der Waals surface area contributed by atoms with E-state index in [1.165, 1.54) is 16.9 Å². The van der Waals surface area contributed by atoms with Crippen molar-refractivity contribution in [2.24, 2.45) is 5.73 Å². The number of amides is 1. The summed E-state index contributed by atoms with van der Waals surface area (Å²) in [5, 5.41) is 0. The molecular weight excluding hydrogens is 327 g/mol. The van der Waals surface area contributed by atoms with Gasteiger partial charge in [-0.2, -0.15) is 0 Å². The molecule has 1 aromatic carbocycles. The summed E-state index contributed by atoms with van der Waals surface area (Å²) in [5.41, 5.74) is 6.82. The number of carbonyl (C=O) groups is 1. The number of halogens is 2. The fourth-order valence-electron chi connectivity index (χ4n) is 1.96. The van der Waals surface area contributed by atoms with Crippen LogP contribution in [-0.4, -0.2) is 30.4 Å². The Morgan fingerprint density at radius 1 is 1.14 bits per heavy atom. The van der Waals surface area contributed by atoms with Gasteiger partial charge >= 0.3 is 0 Å². The molecule has 1 heterocycles. The highest BCUT2D eigenvalue weighted by molar-refractivity contribution is 7.17. The normalized spacial score (nSPS) is 10.0. The highest BCUT2D eigenvalue weighted by Crippen LogP contribution is 2.22. The summed E-state index contributed by atoms with van der Waals surface area (Å²) in [6.07, 6.45) is 0.825. The van der Waals surface area contributed by atoms with Crippen LogP contribution in [0.3, 0.4) is 0 Å². The topological polar surface area (TPSA) is 46.3 Å². The van der Waals surface area contributed by atoms with Crippen molar-refractivity contribution in [2.75, 3.05) is 19.6 Å². The number of hydrogen-bond donors (Lipinski definition) is 1. The first kappa shape index (κ1) is 18.0.